The highest BCUT2D eigenvalue weighted by Gasteiger charge is 2.36. The molecular weight excluding hydrogens is 413 g/mol. The zero-order valence-corrected chi connectivity index (χ0v) is 17.0. The van der Waals surface area contributed by atoms with E-state index in [0.717, 1.165) is 25.4 Å². The highest BCUT2D eigenvalue weighted by molar-refractivity contribution is 5.99. The molecule has 0 bridgehead atoms. The lowest BCUT2D eigenvalue weighted by Gasteiger charge is -2.29. The van der Waals surface area contributed by atoms with Crippen molar-refractivity contribution in [2.45, 2.75) is 6.18 Å². The van der Waals surface area contributed by atoms with Gasteiger partial charge in [-0.2, -0.15) is 18.3 Å². The zero-order chi connectivity index (χ0) is 22.2. The number of nitrogens with zero attached hydrogens (tertiary/aromatic N) is 4. The van der Waals surface area contributed by atoms with Crippen molar-refractivity contribution in [3.05, 3.63) is 47.8 Å². The number of hydrogen-bond donors (Lipinski definition) is 2. The first kappa shape index (κ1) is 21.1. The Labute approximate surface area is 176 Å². The highest BCUT2D eigenvalue weighted by Crippen LogP contribution is 2.33. The van der Waals surface area contributed by atoms with Crippen molar-refractivity contribution >= 4 is 11.6 Å². The second-order valence-corrected chi connectivity index (χ2v) is 7.44. The number of methoxy groups -OCH3 is 1. The van der Waals surface area contributed by atoms with Gasteiger partial charge in [-0.1, -0.05) is 12.1 Å². The Morgan fingerprint density at radius 2 is 1.97 bits per heavy atom. The number of aromatic nitrogens is 3. The Hall–Kier alpha value is -3.18. The van der Waals surface area contributed by atoms with Crippen LogP contribution in [0.25, 0.3) is 16.9 Å². The first-order chi connectivity index (χ1) is 14.8. The van der Waals surface area contributed by atoms with Gasteiger partial charge in [0.15, 0.2) is 11.3 Å². The van der Waals surface area contributed by atoms with Crippen molar-refractivity contribution < 1.29 is 27.6 Å². The number of hydrazine groups is 1. The number of carbonyl (C=O) groups is 1. The van der Waals surface area contributed by atoms with E-state index >= 15 is 0 Å². The summed E-state index contributed by atoms with van der Waals surface area (Å²) in [4.78, 5) is 18.5. The van der Waals surface area contributed by atoms with Crippen LogP contribution < -0.4 is 15.1 Å². The first-order valence-electron chi connectivity index (χ1n) is 9.74. The monoisotopic (exact) mass is 435 g/mol. The van der Waals surface area contributed by atoms with Gasteiger partial charge in [-0.15, -0.1) is 0 Å². The van der Waals surface area contributed by atoms with Crippen LogP contribution in [-0.4, -0.2) is 65.9 Å². The minimum Gasteiger partial charge on any atom is -0.497 e. The molecule has 1 aliphatic heterocycles. The molecule has 8 nitrogen and oxygen atoms in total. The van der Waals surface area contributed by atoms with E-state index in [2.05, 4.69) is 22.6 Å². The summed E-state index contributed by atoms with van der Waals surface area (Å²) in [6.45, 7) is 3.00. The summed E-state index contributed by atoms with van der Waals surface area (Å²) in [6, 6.07) is 7.47. The molecule has 1 amide bonds. The van der Waals surface area contributed by atoms with Gasteiger partial charge in [0, 0.05) is 5.56 Å². The Kier molecular flexibility index (Phi) is 5.54. The maximum Gasteiger partial charge on any atom is 0.433 e. The maximum absolute atomic E-state index is 13.8. The van der Waals surface area contributed by atoms with Crippen LogP contribution in [0.4, 0.5) is 13.2 Å². The lowest BCUT2D eigenvalue weighted by atomic mass is 10.1. The van der Waals surface area contributed by atoms with Crippen molar-refractivity contribution in [1.82, 2.24) is 25.0 Å². The van der Waals surface area contributed by atoms with E-state index < -0.39 is 17.8 Å². The number of fused-ring (bicyclic) bond motifs is 1. The van der Waals surface area contributed by atoms with Crippen LogP contribution in [0.2, 0.25) is 0 Å². The fourth-order valence-electron chi connectivity index (χ4n) is 3.46. The summed E-state index contributed by atoms with van der Waals surface area (Å²) in [7, 11) is 3.53. The number of likely N-dealkylation sites (N-methyl/N-ethyl adjacent to an activating group) is 1. The summed E-state index contributed by atoms with van der Waals surface area (Å²) in [5.41, 5.74) is 2.05. The molecule has 1 aliphatic rings. The van der Waals surface area contributed by atoms with Gasteiger partial charge in [0.1, 0.15) is 11.3 Å². The number of carbonyl (C=O) groups excluding carboxylic acids is 1. The number of benzene rings is 1. The fraction of sp³-hybridized carbons (Fsp3) is 0.350. The minimum absolute atomic E-state index is 0.0264. The molecule has 3 aromatic rings. The lowest BCUT2D eigenvalue weighted by Crippen LogP contribution is -3.12. The van der Waals surface area contributed by atoms with E-state index in [1.807, 2.05) is 0 Å². The molecule has 0 saturated carbocycles. The third kappa shape index (κ3) is 4.32. The van der Waals surface area contributed by atoms with Crippen molar-refractivity contribution in [1.29, 1.82) is 0 Å². The number of quaternary nitrogens is 1. The summed E-state index contributed by atoms with van der Waals surface area (Å²) in [5, 5.41) is 5.57. The summed E-state index contributed by atoms with van der Waals surface area (Å²) in [6.07, 6.45) is -3.57. The summed E-state index contributed by atoms with van der Waals surface area (Å²) in [5.74, 6) is -0.0608. The van der Waals surface area contributed by atoms with Crippen LogP contribution in [0, 0.1) is 0 Å². The SMILES string of the molecule is COc1cccc(-c2cc(C(F)(F)F)n3ncc(C(=O)NN4CC[NH+](C)CC4)c3n2)c1. The smallest absolute Gasteiger partial charge is 0.433 e. The van der Waals surface area contributed by atoms with E-state index in [9.17, 15) is 18.0 Å². The molecule has 0 aliphatic carbocycles. The van der Waals surface area contributed by atoms with E-state index in [4.69, 9.17) is 4.74 Å². The van der Waals surface area contributed by atoms with E-state index in [1.165, 1.54) is 12.0 Å². The molecule has 2 aromatic heterocycles. The van der Waals surface area contributed by atoms with Crippen LogP contribution in [-0.2, 0) is 6.18 Å². The second kappa shape index (κ2) is 8.16. The van der Waals surface area contributed by atoms with Gasteiger partial charge < -0.3 is 9.64 Å². The molecule has 3 heterocycles. The van der Waals surface area contributed by atoms with Crippen LogP contribution in [0.3, 0.4) is 0 Å². The van der Waals surface area contributed by atoms with Gasteiger partial charge >= 0.3 is 6.18 Å². The molecule has 1 aromatic carbocycles. The average molecular weight is 435 g/mol. The quantitative estimate of drug-likeness (QED) is 0.637. The van der Waals surface area contributed by atoms with E-state index in [-0.39, 0.29) is 16.9 Å². The molecule has 164 valence electrons. The number of ether oxygens (including phenoxy) is 1. The van der Waals surface area contributed by atoms with E-state index in [0.29, 0.717) is 28.9 Å². The molecule has 1 fully saturated rings. The third-order valence-electron chi connectivity index (χ3n) is 5.25. The molecule has 31 heavy (non-hydrogen) atoms. The number of alkyl halides is 3. The summed E-state index contributed by atoms with van der Waals surface area (Å²) >= 11 is 0. The molecule has 11 heteroatoms. The molecule has 1 saturated heterocycles. The van der Waals surface area contributed by atoms with Gasteiger partial charge in [-0.3, -0.25) is 10.2 Å². The van der Waals surface area contributed by atoms with Gasteiger partial charge in [-0.05, 0) is 18.2 Å². The Morgan fingerprint density at radius 1 is 1.23 bits per heavy atom. The van der Waals surface area contributed by atoms with Crippen molar-refractivity contribution in [2.75, 3.05) is 40.3 Å². The Balaban J connectivity index is 1.76. The Morgan fingerprint density at radius 3 is 2.65 bits per heavy atom. The molecular formula is C20H22F3N6O2+. The number of amides is 1. The molecule has 2 N–H and O–H groups in total. The minimum atomic E-state index is -4.69. The van der Waals surface area contributed by atoms with Crippen LogP contribution >= 0.6 is 0 Å². The zero-order valence-electron chi connectivity index (χ0n) is 17.0. The van der Waals surface area contributed by atoms with E-state index in [1.54, 1.807) is 29.3 Å². The predicted octanol–water partition coefficient (Wildman–Crippen LogP) is 0.899. The number of piperazine rings is 1. The summed E-state index contributed by atoms with van der Waals surface area (Å²) < 4.78 is 47.1. The average Bonchev–Trinajstić information content (AvgIpc) is 3.18. The maximum atomic E-state index is 13.8. The number of halogens is 3. The molecule has 0 radical (unpaired) electrons. The molecule has 0 atom stereocenters. The third-order valence-corrected chi connectivity index (χ3v) is 5.25. The van der Waals surface area contributed by atoms with Gasteiger partial charge in [-0.25, -0.2) is 14.5 Å². The molecule has 0 unspecified atom stereocenters. The number of nitrogens with one attached hydrogen (secondary N) is 2. The molecule has 4 rings (SSSR count). The van der Waals surface area contributed by atoms with Crippen LogP contribution in [0.1, 0.15) is 16.1 Å². The van der Waals surface area contributed by atoms with Crippen LogP contribution in [0.15, 0.2) is 36.5 Å². The largest absolute Gasteiger partial charge is 0.497 e. The van der Waals surface area contributed by atoms with Gasteiger partial charge in [0.05, 0.1) is 52.2 Å². The van der Waals surface area contributed by atoms with Crippen LogP contribution in [0.5, 0.6) is 5.75 Å². The van der Waals surface area contributed by atoms with Gasteiger partial charge in [0.2, 0.25) is 0 Å². The molecule has 0 spiro atoms. The van der Waals surface area contributed by atoms with Gasteiger partial charge in [0.25, 0.3) is 5.91 Å². The normalized spacial score (nSPS) is 15.9. The number of hydrogen-bond acceptors (Lipinski definition) is 5. The predicted molar refractivity (Wildman–Crippen MR) is 106 cm³/mol. The topological polar surface area (TPSA) is 76.2 Å². The van der Waals surface area contributed by atoms with Crippen molar-refractivity contribution in [2.24, 2.45) is 0 Å². The number of rotatable bonds is 4. The second-order valence-electron chi connectivity index (χ2n) is 7.44. The fourth-order valence-corrected chi connectivity index (χ4v) is 3.46. The van der Waals surface area contributed by atoms with Crippen molar-refractivity contribution in [3.8, 4) is 17.0 Å². The lowest BCUT2D eigenvalue weighted by molar-refractivity contribution is -0.884. The first-order valence-corrected chi connectivity index (χ1v) is 9.74. The standard InChI is InChI=1S/C20H21F3N6O2/c1-27-6-8-28(9-7-27)26-19(30)15-12-24-29-17(20(21,22)23)11-16(25-18(15)29)13-4-3-5-14(10-13)31-2/h3-5,10-12H,6-9H2,1-2H3,(H,26,30)/p+1. The Bertz CT molecular complexity index is 1110. The highest BCUT2D eigenvalue weighted by atomic mass is 19.4. The van der Waals surface area contributed by atoms with Crippen molar-refractivity contribution in [3.63, 3.8) is 0 Å².